The molecule has 3 rings (SSSR count). The van der Waals surface area contributed by atoms with Crippen LogP contribution in [0.25, 0.3) is 0 Å². The molecule has 2 heterocycles. The summed E-state index contributed by atoms with van der Waals surface area (Å²) >= 11 is 1.40. The molecule has 1 aromatic heterocycles. The molecule has 2 amide bonds. The third kappa shape index (κ3) is 3.83. The van der Waals surface area contributed by atoms with E-state index in [1.807, 2.05) is 11.4 Å². The molecule has 0 bridgehead atoms. The molecule has 114 valence electrons. The van der Waals surface area contributed by atoms with Crippen LogP contribution >= 0.6 is 11.3 Å². The molecule has 1 unspecified atom stereocenters. The maximum atomic E-state index is 12.5. The van der Waals surface area contributed by atoms with Gasteiger partial charge in [-0.1, -0.05) is 6.07 Å². The van der Waals surface area contributed by atoms with Gasteiger partial charge in [-0.25, -0.2) is 0 Å². The Bertz CT molecular complexity index is 493. The van der Waals surface area contributed by atoms with E-state index in [4.69, 9.17) is 0 Å². The Morgan fingerprint density at radius 3 is 2.62 bits per heavy atom. The maximum absolute atomic E-state index is 12.5. The Morgan fingerprint density at radius 2 is 2.00 bits per heavy atom. The van der Waals surface area contributed by atoms with Crippen LogP contribution in [0.2, 0.25) is 0 Å². The van der Waals surface area contributed by atoms with Crippen molar-refractivity contribution in [3.63, 3.8) is 0 Å². The minimum absolute atomic E-state index is 0.0192. The molecule has 0 radical (unpaired) electrons. The minimum Gasteiger partial charge on any atom is -0.352 e. The lowest BCUT2D eigenvalue weighted by molar-refractivity contribution is -0.124. The van der Waals surface area contributed by atoms with Crippen molar-refractivity contribution in [2.45, 2.75) is 37.8 Å². The number of hydrogen-bond donors (Lipinski definition) is 3. The van der Waals surface area contributed by atoms with Gasteiger partial charge in [-0.15, -0.1) is 11.3 Å². The SMILES string of the molecule is O=C(NC(C(=O)NC1CC1)C1CCNCC1)c1cccs1. The number of carbonyl (C=O) groups is 2. The fourth-order valence-corrected chi connectivity index (χ4v) is 3.34. The van der Waals surface area contributed by atoms with Crippen molar-refractivity contribution in [3.05, 3.63) is 22.4 Å². The largest absolute Gasteiger partial charge is 0.352 e. The molecule has 2 aliphatic rings. The predicted molar refractivity (Wildman–Crippen MR) is 82.3 cm³/mol. The smallest absolute Gasteiger partial charge is 0.262 e. The second-order valence-electron chi connectivity index (χ2n) is 5.80. The van der Waals surface area contributed by atoms with E-state index in [0.717, 1.165) is 38.8 Å². The summed E-state index contributed by atoms with van der Waals surface area (Å²) in [6.07, 6.45) is 3.97. The first kappa shape index (κ1) is 14.5. The summed E-state index contributed by atoms with van der Waals surface area (Å²) in [6.45, 7) is 1.82. The highest BCUT2D eigenvalue weighted by Gasteiger charge is 2.34. The van der Waals surface area contributed by atoms with E-state index in [1.165, 1.54) is 11.3 Å². The fourth-order valence-electron chi connectivity index (χ4n) is 2.71. The van der Waals surface area contributed by atoms with Gasteiger partial charge in [0.1, 0.15) is 6.04 Å². The summed E-state index contributed by atoms with van der Waals surface area (Å²) < 4.78 is 0. The molecular weight excluding hydrogens is 286 g/mol. The predicted octanol–water partition coefficient (Wildman–Crippen LogP) is 1.12. The average Bonchev–Trinajstić information content (AvgIpc) is 3.15. The number of nitrogens with one attached hydrogen (secondary N) is 3. The minimum atomic E-state index is -0.415. The van der Waals surface area contributed by atoms with Crippen LogP contribution in [0.1, 0.15) is 35.4 Å². The van der Waals surface area contributed by atoms with Crippen LogP contribution in [0.4, 0.5) is 0 Å². The van der Waals surface area contributed by atoms with Gasteiger partial charge in [0.05, 0.1) is 4.88 Å². The Hall–Kier alpha value is -1.40. The van der Waals surface area contributed by atoms with Gasteiger partial charge in [-0.3, -0.25) is 9.59 Å². The van der Waals surface area contributed by atoms with E-state index >= 15 is 0 Å². The second kappa shape index (κ2) is 6.58. The highest BCUT2D eigenvalue weighted by Crippen LogP contribution is 2.22. The molecule has 1 aromatic rings. The molecule has 0 aromatic carbocycles. The molecule has 6 heteroatoms. The van der Waals surface area contributed by atoms with E-state index in [1.54, 1.807) is 6.07 Å². The van der Waals surface area contributed by atoms with Gasteiger partial charge in [0, 0.05) is 6.04 Å². The average molecular weight is 307 g/mol. The first-order valence-corrected chi connectivity index (χ1v) is 8.47. The number of hydrogen-bond acceptors (Lipinski definition) is 4. The van der Waals surface area contributed by atoms with Gasteiger partial charge < -0.3 is 16.0 Å². The Balaban J connectivity index is 1.67. The van der Waals surface area contributed by atoms with Gasteiger partial charge in [0.2, 0.25) is 5.91 Å². The van der Waals surface area contributed by atoms with E-state index in [-0.39, 0.29) is 17.7 Å². The number of thiophene rings is 1. The number of piperidine rings is 1. The Labute approximate surface area is 128 Å². The van der Waals surface area contributed by atoms with Crippen LogP contribution in [-0.4, -0.2) is 37.0 Å². The van der Waals surface area contributed by atoms with Crippen LogP contribution < -0.4 is 16.0 Å². The van der Waals surface area contributed by atoms with Crippen molar-refractivity contribution in [2.24, 2.45) is 5.92 Å². The van der Waals surface area contributed by atoms with Crippen LogP contribution in [0, 0.1) is 5.92 Å². The van der Waals surface area contributed by atoms with Gasteiger partial charge in [-0.2, -0.15) is 0 Å². The normalized spacial score (nSPS) is 20.8. The van der Waals surface area contributed by atoms with E-state index in [0.29, 0.717) is 10.9 Å². The Kier molecular flexibility index (Phi) is 4.55. The molecule has 1 aliphatic heterocycles. The molecular formula is C15H21N3O2S. The molecule has 3 N–H and O–H groups in total. The quantitative estimate of drug-likeness (QED) is 0.763. The van der Waals surface area contributed by atoms with E-state index in [9.17, 15) is 9.59 Å². The van der Waals surface area contributed by atoms with Crippen LogP contribution in [0.15, 0.2) is 17.5 Å². The van der Waals surface area contributed by atoms with Crippen LogP contribution in [-0.2, 0) is 4.79 Å². The van der Waals surface area contributed by atoms with Crippen molar-refractivity contribution in [1.82, 2.24) is 16.0 Å². The number of amides is 2. The third-order valence-corrected chi connectivity index (χ3v) is 4.96. The first-order valence-electron chi connectivity index (χ1n) is 7.59. The van der Waals surface area contributed by atoms with Gasteiger partial charge in [0.15, 0.2) is 0 Å². The summed E-state index contributed by atoms with van der Waals surface area (Å²) in [4.78, 5) is 25.4. The van der Waals surface area contributed by atoms with Crippen molar-refractivity contribution in [1.29, 1.82) is 0 Å². The molecule has 1 saturated carbocycles. The molecule has 5 nitrogen and oxygen atoms in total. The standard InChI is InChI=1S/C15H21N3O2S/c19-14(12-2-1-9-21-12)18-13(10-5-7-16-8-6-10)15(20)17-11-3-4-11/h1-2,9-11,13,16H,3-8H2,(H,17,20)(H,18,19). The molecule has 0 spiro atoms. The summed E-state index contributed by atoms with van der Waals surface area (Å²) in [5.74, 6) is 0.0581. The summed E-state index contributed by atoms with van der Waals surface area (Å²) in [7, 11) is 0. The maximum Gasteiger partial charge on any atom is 0.262 e. The first-order chi connectivity index (χ1) is 10.2. The van der Waals surface area contributed by atoms with Gasteiger partial charge >= 0.3 is 0 Å². The van der Waals surface area contributed by atoms with Crippen molar-refractivity contribution >= 4 is 23.2 Å². The fraction of sp³-hybridized carbons (Fsp3) is 0.600. The lowest BCUT2D eigenvalue weighted by Crippen LogP contribution is -2.53. The summed E-state index contributed by atoms with van der Waals surface area (Å²) in [5.41, 5.74) is 0. The summed E-state index contributed by atoms with van der Waals surface area (Å²) in [5, 5.41) is 11.2. The van der Waals surface area contributed by atoms with Crippen molar-refractivity contribution in [3.8, 4) is 0 Å². The van der Waals surface area contributed by atoms with Crippen LogP contribution in [0.3, 0.4) is 0 Å². The zero-order valence-corrected chi connectivity index (χ0v) is 12.7. The zero-order chi connectivity index (χ0) is 14.7. The third-order valence-electron chi connectivity index (χ3n) is 4.09. The van der Waals surface area contributed by atoms with Crippen molar-refractivity contribution < 1.29 is 9.59 Å². The monoisotopic (exact) mass is 307 g/mol. The van der Waals surface area contributed by atoms with E-state index < -0.39 is 6.04 Å². The van der Waals surface area contributed by atoms with E-state index in [2.05, 4.69) is 16.0 Å². The Morgan fingerprint density at radius 1 is 1.24 bits per heavy atom. The van der Waals surface area contributed by atoms with Gasteiger partial charge in [-0.05, 0) is 56.1 Å². The number of carbonyl (C=O) groups excluding carboxylic acids is 2. The number of rotatable bonds is 5. The summed E-state index contributed by atoms with van der Waals surface area (Å²) in [6, 6.07) is 3.55. The molecule has 2 fully saturated rings. The van der Waals surface area contributed by atoms with Crippen molar-refractivity contribution in [2.75, 3.05) is 13.1 Å². The topological polar surface area (TPSA) is 70.2 Å². The molecule has 1 aliphatic carbocycles. The molecule has 1 saturated heterocycles. The lowest BCUT2D eigenvalue weighted by Gasteiger charge is -2.30. The second-order valence-corrected chi connectivity index (χ2v) is 6.75. The highest BCUT2D eigenvalue weighted by atomic mass is 32.1. The molecule has 1 atom stereocenters. The highest BCUT2D eigenvalue weighted by molar-refractivity contribution is 7.12. The zero-order valence-electron chi connectivity index (χ0n) is 11.9. The van der Waals surface area contributed by atoms with Gasteiger partial charge in [0.25, 0.3) is 5.91 Å². The van der Waals surface area contributed by atoms with Crippen LogP contribution in [0.5, 0.6) is 0 Å². The lowest BCUT2D eigenvalue weighted by atomic mass is 9.89. The molecule has 21 heavy (non-hydrogen) atoms.